The number of hydrogen-bond acceptors (Lipinski definition) is 5. The first-order valence-electron chi connectivity index (χ1n) is 7.72. The van der Waals surface area contributed by atoms with Crippen LogP contribution in [0.2, 0.25) is 0 Å². The zero-order valence-electron chi connectivity index (χ0n) is 12.7. The Morgan fingerprint density at radius 2 is 1.87 bits per heavy atom. The Kier molecular flexibility index (Phi) is 4.34. The Morgan fingerprint density at radius 1 is 1.17 bits per heavy atom. The summed E-state index contributed by atoms with van der Waals surface area (Å²) in [6, 6.07) is 4.36. The molecule has 0 saturated carbocycles. The molecule has 1 unspecified atom stereocenters. The number of hydrogen-bond donors (Lipinski definition) is 1. The smallest absolute Gasteiger partial charge is 0.272 e. The van der Waals surface area contributed by atoms with Crippen LogP contribution < -0.4 is 5.32 Å². The summed E-state index contributed by atoms with van der Waals surface area (Å²) in [7, 11) is -3.05. The molecule has 2 aliphatic heterocycles. The summed E-state index contributed by atoms with van der Waals surface area (Å²) >= 11 is 0. The molecule has 0 spiro atoms. The van der Waals surface area contributed by atoms with E-state index < -0.39 is 15.7 Å². The van der Waals surface area contributed by atoms with Crippen molar-refractivity contribution in [2.75, 3.05) is 24.6 Å². The largest absolute Gasteiger partial charge is 0.347 e. The van der Waals surface area contributed by atoms with E-state index in [-0.39, 0.29) is 34.8 Å². The number of carbonyl (C=O) groups excluding carboxylic acids is 2. The number of sulfone groups is 1. The van der Waals surface area contributed by atoms with Crippen LogP contribution in [0.4, 0.5) is 0 Å². The van der Waals surface area contributed by atoms with E-state index in [9.17, 15) is 18.0 Å². The minimum atomic E-state index is -3.05. The molecule has 124 valence electrons. The highest BCUT2D eigenvalue weighted by atomic mass is 32.2. The van der Waals surface area contributed by atoms with Gasteiger partial charge in [-0.05, 0) is 31.4 Å². The van der Waals surface area contributed by atoms with Crippen molar-refractivity contribution in [3.8, 4) is 0 Å². The van der Waals surface area contributed by atoms with Crippen LogP contribution in [0.1, 0.15) is 40.2 Å². The van der Waals surface area contributed by atoms with Crippen LogP contribution in [-0.2, 0) is 9.84 Å². The molecule has 1 aromatic rings. The van der Waals surface area contributed by atoms with Crippen molar-refractivity contribution < 1.29 is 18.0 Å². The summed E-state index contributed by atoms with van der Waals surface area (Å²) in [6.45, 7) is 1.44. The first kappa shape index (κ1) is 15.9. The molecule has 1 N–H and O–H groups in total. The Balaban J connectivity index is 1.69. The Labute approximate surface area is 135 Å². The average Bonchev–Trinajstić information content (AvgIpc) is 3.16. The van der Waals surface area contributed by atoms with Gasteiger partial charge >= 0.3 is 0 Å². The van der Waals surface area contributed by atoms with Gasteiger partial charge in [0.2, 0.25) is 0 Å². The van der Waals surface area contributed by atoms with Gasteiger partial charge in [0.25, 0.3) is 11.8 Å². The van der Waals surface area contributed by atoms with Crippen LogP contribution in [-0.4, -0.2) is 60.8 Å². The van der Waals surface area contributed by atoms with E-state index in [1.807, 2.05) is 0 Å². The van der Waals surface area contributed by atoms with Crippen LogP contribution in [0.25, 0.3) is 0 Å². The molecule has 3 rings (SSSR count). The highest BCUT2D eigenvalue weighted by molar-refractivity contribution is 7.91. The molecule has 0 radical (unpaired) electrons. The molecular formula is C15H19N3O4S. The molecule has 1 atom stereocenters. The lowest BCUT2D eigenvalue weighted by Gasteiger charge is -2.15. The SMILES string of the molecule is O=C(NC1CCS(=O)(=O)C1)c1cccc(C(=O)N2CCCC2)n1. The maximum Gasteiger partial charge on any atom is 0.272 e. The third-order valence-corrected chi connectivity index (χ3v) is 5.93. The second kappa shape index (κ2) is 6.27. The van der Waals surface area contributed by atoms with Crippen LogP contribution in [0.3, 0.4) is 0 Å². The van der Waals surface area contributed by atoms with E-state index in [4.69, 9.17) is 0 Å². The third-order valence-electron chi connectivity index (χ3n) is 4.16. The second-order valence-corrected chi connectivity index (χ2v) is 8.21. The van der Waals surface area contributed by atoms with Gasteiger partial charge in [0, 0.05) is 19.1 Å². The van der Waals surface area contributed by atoms with E-state index in [1.165, 1.54) is 6.07 Å². The average molecular weight is 337 g/mol. The number of aromatic nitrogens is 1. The minimum absolute atomic E-state index is 0.0366. The molecule has 0 bridgehead atoms. The summed E-state index contributed by atoms with van der Waals surface area (Å²) in [5.74, 6) is -0.548. The van der Waals surface area contributed by atoms with Crippen molar-refractivity contribution in [1.29, 1.82) is 0 Å². The van der Waals surface area contributed by atoms with Crippen LogP contribution >= 0.6 is 0 Å². The fourth-order valence-electron chi connectivity index (χ4n) is 2.93. The first-order chi connectivity index (χ1) is 10.9. The molecule has 7 nitrogen and oxygen atoms in total. The van der Waals surface area contributed by atoms with Gasteiger partial charge in [-0.15, -0.1) is 0 Å². The van der Waals surface area contributed by atoms with E-state index in [0.717, 1.165) is 25.9 Å². The quantitative estimate of drug-likeness (QED) is 0.852. The molecule has 1 aromatic heterocycles. The number of likely N-dealkylation sites (tertiary alicyclic amines) is 1. The summed E-state index contributed by atoms with van der Waals surface area (Å²) < 4.78 is 22.9. The monoisotopic (exact) mass is 337 g/mol. The molecule has 8 heteroatoms. The van der Waals surface area contributed by atoms with Crippen LogP contribution in [0.5, 0.6) is 0 Å². The predicted molar refractivity (Wildman–Crippen MR) is 83.9 cm³/mol. The summed E-state index contributed by atoms with van der Waals surface area (Å²) in [5, 5.41) is 2.68. The fourth-order valence-corrected chi connectivity index (χ4v) is 4.60. The molecule has 2 fully saturated rings. The van der Waals surface area contributed by atoms with Gasteiger partial charge < -0.3 is 10.2 Å². The van der Waals surface area contributed by atoms with Gasteiger partial charge in [0.05, 0.1) is 11.5 Å². The number of pyridine rings is 1. The van der Waals surface area contributed by atoms with Crippen LogP contribution in [0, 0.1) is 0 Å². The molecule has 3 heterocycles. The molecule has 2 aliphatic rings. The van der Waals surface area contributed by atoms with Crippen molar-refractivity contribution >= 4 is 21.7 Å². The van der Waals surface area contributed by atoms with E-state index in [0.29, 0.717) is 6.42 Å². The zero-order chi connectivity index (χ0) is 16.4. The van der Waals surface area contributed by atoms with Gasteiger partial charge in [-0.3, -0.25) is 9.59 Å². The predicted octanol–water partition coefficient (Wildman–Crippen LogP) is 0.234. The lowest BCUT2D eigenvalue weighted by molar-refractivity contribution is 0.0787. The summed E-state index contributed by atoms with van der Waals surface area (Å²) in [5.41, 5.74) is 0.387. The highest BCUT2D eigenvalue weighted by Gasteiger charge is 2.29. The lowest BCUT2D eigenvalue weighted by Crippen LogP contribution is -2.36. The van der Waals surface area contributed by atoms with Crippen molar-refractivity contribution in [3.05, 3.63) is 29.6 Å². The van der Waals surface area contributed by atoms with Gasteiger partial charge in [-0.2, -0.15) is 0 Å². The molecule has 23 heavy (non-hydrogen) atoms. The summed E-state index contributed by atoms with van der Waals surface area (Å²) in [6.07, 6.45) is 2.39. The van der Waals surface area contributed by atoms with E-state index >= 15 is 0 Å². The highest BCUT2D eigenvalue weighted by Crippen LogP contribution is 2.14. The van der Waals surface area contributed by atoms with E-state index in [1.54, 1.807) is 17.0 Å². The molecule has 0 aromatic carbocycles. The fraction of sp³-hybridized carbons (Fsp3) is 0.533. The van der Waals surface area contributed by atoms with Crippen molar-refractivity contribution in [2.45, 2.75) is 25.3 Å². The van der Waals surface area contributed by atoms with Gasteiger partial charge in [-0.1, -0.05) is 6.07 Å². The number of amides is 2. The topological polar surface area (TPSA) is 96.4 Å². The molecule has 2 saturated heterocycles. The Morgan fingerprint density at radius 3 is 2.52 bits per heavy atom. The third kappa shape index (κ3) is 3.69. The summed E-state index contributed by atoms with van der Waals surface area (Å²) in [4.78, 5) is 30.4. The molecule has 0 aliphatic carbocycles. The number of rotatable bonds is 3. The van der Waals surface area contributed by atoms with Gasteiger partial charge in [0.1, 0.15) is 11.4 Å². The van der Waals surface area contributed by atoms with Crippen molar-refractivity contribution in [1.82, 2.24) is 15.2 Å². The Hall–Kier alpha value is -1.96. The number of carbonyl (C=O) groups is 2. The Bertz CT molecular complexity index is 726. The van der Waals surface area contributed by atoms with Crippen molar-refractivity contribution in [2.24, 2.45) is 0 Å². The molecular weight excluding hydrogens is 318 g/mol. The standard InChI is InChI=1S/C15H19N3O4S/c19-14(16-11-6-9-23(21,22)10-11)12-4-3-5-13(17-12)15(20)18-7-1-2-8-18/h3-5,11H,1-2,6-10H2,(H,16,19). The second-order valence-electron chi connectivity index (χ2n) is 5.98. The lowest BCUT2D eigenvalue weighted by atomic mass is 10.2. The minimum Gasteiger partial charge on any atom is -0.347 e. The zero-order valence-corrected chi connectivity index (χ0v) is 13.5. The number of nitrogens with zero attached hydrogens (tertiary/aromatic N) is 2. The van der Waals surface area contributed by atoms with Gasteiger partial charge in [0.15, 0.2) is 9.84 Å². The maximum absolute atomic E-state index is 12.3. The first-order valence-corrected chi connectivity index (χ1v) is 9.54. The van der Waals surface area contributed by atoms with Gasteiger partial charge in [-0.25, -0.2) is 13.4 Å². The van der Waals surface area contributed by atoms with Crippen LogP contribution in [0.15, 0.2) is 18.2 Å². The maximum atomic E-state index is 12.3. The molecule has 2 amide bonds. The van der Waals surface area contributed by atoms with Crippen molar-refractivity contribution in [3.63, 3.8) is 0 Å². The van der Waals surface area contributed by atoms with E-state index in [2.05, 4.69) is 10.3 Å². The number of nitrogens with one attached hydrogen (secondary N) is 1. The normalized spacial score (nSPS) is 23.0.